The van der Waals surface area contributed by atoms with E-state index in [9.17, 15) is 45.4 Å². The van der Waals surface area contributed by atoms with Gasteiger partial charge in [0.25, 0.3) is 0 Å². The average molecular weight is 533 g/mol. The number of rotatable bonds is 5. The second kappa shape index (κ2) is 9.30. The van der Waals surface area contributed by atoms with Gasteiger partial charge in [0.15, 0.2) is 0 Å². The molecule has 2 aromatic carbocycles. The van der Waals surface area contributed by atoms with Crippen molar-refractivity contribution in [2.75, 3.05) is 13.2 Å². The van der Waals surface area contributed by atoms with Gasteiger partial charge in [0, 0.05) is 25.5 Å². The van der Waals surface area contributed by atoms with Crippen LogP contribution in [-0.2, 0) is 32.3 Å². The third-order valence-electron chi connectivity index (χ3n) is 7.11. The van der Waals surface area contributed by atoms with Gasteiger partial charge in [-0.25, -0.2) is 4.39 Å². The summed E-state index contributed by atoms with van der Waals surface area (Å²) in [5.41, 5.74) is -6.29. The van der Waals surface area contributed by atoms with E-state index in [0.29, 0.717) is 6.07 Å². The number of ether oxygens (including phenoxy) is 1. The van der Waals surface area contributed by atoms with Gasteiger partial charge in [-0.1, -0.05) is 24.3 Å². The van der Waals surface area contributed by atoms with Crippen LogP contribution in [0.5, 0.6) is 0 Å². The topological polar surface area (TPSA) is 66.8 Å². The highest BCUT2D eigenvalue weighted by Gasteiger charge is 2.62. The van der Waals surface area contributed by atoms with Crippen LogP contribution in [0.4, 0.5) is 30.7 Å². The molecule has 2 aliphatic rings. The van der Waals surface area contributed by atoms with Crippen molar-refractivity contribution in [3.8, 4) is 0 Å². The second-order valence-corrected chi connectivity index (χ2v) is 9.09. The molecule has 0 saturated carbocycles. The Kier molecular flexibility index (Phi) is 6.76. The minimum absolute atomic E-state index is 0.123. The number of nitrogens with zero attached hydrogens (tertiary/aromatic N) is 1. The number of hydrogen-bond acceptors (Lipinski definition) is 3. The van der Waals surface area contributed by atoms with Crippen molar-refractivity contribution in [1.82, 2.24) is 4.90 Å². The van der Waals surface area contributed by atoms with Crippen LogP contribution >= 0.6 is 0 Å². The number of piperidine rings is 1. The summed E-state index contributed by atoms with van der Waals surface area (Å²) in [5.74, 6) is -5.30. The molecule has 2 heterocycles. The van der Waals surface area contributed by atoms with Gasteiger partial charge in [0.2, 0.25) is 5.91 Å². The molecule has 1 amide bonds. The summed E-state index contributed by atoms with van der Waals surface area (Å²) in [4.78, 5) is 26.0. The number of hydrogen-bond donors (Lipinski definition) is 1. The Morgan fingerprint density at radius 2 is 1.73 bits per heavy atom. The fraction of sp³-hybridized carbons (Fsp3) is 0.440. The zero-order chi connectivity index (χ0) is 27.3. The number of amides is 1. The lowest BCUT2D eigenvalue weighted by molar-refractivity contribution is -0.163. The van der Waals surface area contributed by atoms with Crippen LogP contribution in [0.2, 0.25) is 0 Å². The third kappa shape index (κ3) is 4.55. The van der Waals surface area contributed by atoms with E-state index in [1.54, 1.807) is 0 Å². The van der Waals surface area contributed by atoms with E-state index in [4.69, 9.17) is 4.74 Å². The van der Waals surface area contributed by atoms with Crippen LogP contribution in [0, 0.1) is 11.7 Å². The molecule has 4 unspecified atom stereocenters. The standard InChI is InChI=1S/C25H22F7NO4/c1-2-37-23(14-6-8-15(26)9-7-14)18(12-33-19(23)10-13(22(35)36)11-20(33)34)16-4-3-5-17(24(27,28)29)21(16)25(30,31)32/h3-9,13,18-19H,2,10-12H2,1H3,(H,35,36). The number of aliphatic carboxylic acids is 1. The molecule has 37 heavy (non-hydrogen) atoms. The summed E-state index contributed by atoms with van der Waals surface area (Å²) < 4.78 is 104. The van der Waals surface area contributed by atoms with Crippen molar-refractivity contribution in [1.29, 1.82) is 0 Å². The number of benzene rings is 2. The first kappa shape index (κ1) is 26.9. The van der Waals surface area contributed by atoms with E-state index in [0.717, 1.165) is 24.3 Å². The number of carboxylic acids is 1. The number of halogens is 7. The first-order valence-corrected chi connectivity index (χ1v) is 11.4. The van der Waals surface area contributed by atoms with Crippen LogP contribution in [0.3, 0.4) is 0 Å². The van der Waals surface area contributed by atoms with Gasteiger partial charge < -0.3 is 14.7 Å². The van der Waals surface area contributed by atoms with E-state index in [1.165, 1.54) is 24.0 Å². The van der Waals surface area contributed by atoms with Crippen molar-refractivity contribution < 1.29 is 50.2 Å². The van der Waals surface area contributed by atoms with Crippen molar-refractivity contribution in [2.24, 2.45) is 5.92 Å². The molecule has 5 nitrogen and oxygen atoms in total. The van der Waals surface area contributed by atoms with Gasteiger partial charge in [-0.15, -0.1) is 0 Å². The van der Waals surface area contributed by atoms with Gasteiger partial charge in [-0.3, -0.25) is 9.59 Å². The first-order valence-electron chi connectivity index (χ1n) is 11.4. The lowest BCUT2D eigenvalue weighted by Crippen LogP contribution is -2.53. The molecular weight excluding hydrogens is 511 g/mol. The molecule has 200 valence electrons. The highest BCUT2D eigenvalue weighted by atomic mass is 19.4. The smallest absolute Gasteiger partial charge is 0.417 e. The normalized spacial score (nSPS) is 26.3. The van der Waals surface area contributed by atoms with E-state index < -0.39 is 83.2 Å². The van der Waals surface area contributed by atoms with Crippen molar-refractivity contribution >= 4 is 11.9 Å². The largest absolute Gasteiger partial charge is 0.481 e. The van der Waals surface area contributed by atoms with Gasteiger partial charge >= 0.3 is 18.3 Å². The van der Waals surface area contributed by atoms with Crippen LogP contribution in [0.1, 0.15) is 47.9 Å². The lowest BCUT2D eigenvalue weighted by Gasteiger charge is -2.44. The summed E-state index contributed by atoms with van der Waals surface area (Å²) in [6, 6.07) is 5.49. The Balaban J connectivity index is 2.04. The Labute approximate surface area is 206 Å². The molecule has 4 atom stereocenters. The number of alkyl halides is 6. The average Bonchev–Trinajstić information content (AvgIpc) is 3.13. The maximum absolute atomic E-state index is 14.3. The molecule has 2 saturated heterocycles. The lowest BCUT2D eigenvalue weighted by atomic mass is 9.71. The zero-order valence-electron chi connectivity index (χ0n) is 19.4. The van der Waals surface area contributed by atoms with E-state index >= 15 is 0 Å². The zero-order valence-corrected chi connectivity index (χ0v) is 19.4. The molecule has 1 N–H and O–H groups in total. The summed E-state index contributed by atoms with van der Waals surface area (Å²) >= 11 is 0. The fourth-order valence-electron chi connectivity index (χ4n) is 5.74. The third-order valence-corrected chi connectivity index (χ3v) is 7.11. The molecule has 2 aliphatic heterocycles. The maximum atomic E-state index is 14.3. The molecule has 0 aliphatic carbocycles. The highest BCUT2D eigenvalue weighted by molar-refractivity contribution is 5.85. The number of carboxylic acid groups (broad SMARTS) is 1. The predicted molar refractivity (Wildman–Crippen MR) is 115 cm³/mol. The van der Waals surface area contributed by atoms with Gasteiger partial charge in [-0.05, 0) is 42.7 Å². The molecule has 0 radical (unpaired) electrons. The Morgan fingerprint density at radius 1 is 1.08 bits per heavy atom. The minimum atomic E-state index is -5.42. The first-order chi connectivity index (χ1) is 17.2. The van der Waals surface area contributed by atoms with Crippen LogP contribution in [0.15, 0.2) is 42.5 Å². The Hall–Kier alpha value is -3.15. The number of carbonyl (C=O) groups excluding carboxylic acids is 1. The maximum Gasteiger partial charge on any atom is 0.417 e. The van der Waals surface area contributed by atoms with Crippen molar-refractivity contribution in [3.63, 3.8) is 0 Å². The monoisotopic (exact) mass is 533 g/mol. The Bertz CT molecular complexity index is 1200. The van der Waals surface area contributed by atoms with E-state index in [-0.39, 0.29) is 18.6 Å². The van der Waals surface area contributed by atoms with Crippen molar-refractivity contribution in [3.05, 3.63) is 70.5 Å². The molecule has 0 bridgehead atoms. The van der Waals surface area contributed by atoms with Gasteiger partial charge in [0.1, 0.15) is 11.4 Å². The van der Waals surface area contributed by atoms with Crippen molar-refractivity contribution in [2.45, 2.75) is 49.7 Å². The highest BCUT2D eigenvalue weighted by Crippen LogP contribution is 2.56. The number of carbonyl (C=O) groups is 2. The molecular formula is C25H22F7NO4. The SMILES string of the molecule is CCOC1(c2ccc(F)cc2)C(c2cccc(C(F)(F)F)c2C(F)(F)F)CN2C(=O)CC(C(=O)O)CC21. The molecule has 2 aromatic rings. The minimum Gasteiger partial charge on any atom is -0.481 e. The van der Waals surface area contributed by atoms with Gasteiger partial charge in [-0.2, -0.15) is 26.3 Å². The van der Waals surface area contributed by atoms with Crippen LogP contribution < -0.4 is 0 Å². The molecule has 0 spiro atoms. The van der Waals surface area contributed by atoms with E-state index in [1.807, 2.05) is 0 Å². The summed E-state index contributed by atoms with van der Waals surface area (Å²) in [6.07, 6.45) is -11.4. The quantitative estimate of drug-likeness (QED) is 0.510. The second-order valence-electron chi connectivity index (χ2n) is 9.09. The molecule has 12 heteroatoms. The summed E-state index contributed by atoms with van der Waals surface area (Å²) in [6.45, 7) is 0.934. The molecule has 0 aromatic heterocycles. The summed E-state index contributed by atoms with van der Waals surface area (Å²) in [7, 11) is 0. The molecule has 4 rings (SSSR count). The summed E-state index contributed by atoms with van der Waals surface area (Å²) in [5, 5.41) is 9.61. The Morgan fingerprint density at radius 3 is 2.27 bits per heavy atom. The molecule has 2 fully saturated rings. The van der Waals surface area contributed by atoms with Crippen LogP contribution in [0.25, 0.3) is 0 Å². The predicted octanol–water partition coefficient (Wildman–Crippen LogP) is 5.58. The van der Waals surface area contributed by atoms with E-state index in [2.05, 4.69) is 0 Å². The van der Waals surface area contributed by atoms with Gasteiger partial charge in [0.05, 0.1) is 23.1 Å². The fourth-order valence-corrected chi connectivity index (χ4v) is 5.74. The number of fused-ring (bicyclic) bond motifs is 1. The van der Waals surface area contributed by atoms with Crippen LogP contribution in [-0.4, -0.2) is 41.1 Å².